The predicted molar refractivity (Wildman–Crippen MR) is 131 cm³/mol. The van der Waals surface area contributed by atoms with Crippen LogP contribution >= 0.6 is 35.0 Å². The third kappa shape index (κ3) is 6.55. The van der Waals surface area contributed by atoms with Gasteiger partial charge in [0, 0.05) is 47.2 Å². The summed E-state index contributed by atoms with van der Waals surface area (Å²) in [7, 11) is 0. The van der Waals surface area contributed by atoms with Crippen LogP contribution in [0.4, 0.5) is 11.4 Å². The normalized spacial score (nSPS) is 14.5. The van der Waals surface area contributed by atoms with Crippen LogP contribution in [0.1, 0.15) is 20.8 Å². The van der Waals surface area contributed by atoms with Crippen molar-refractivity contribution in [1.29, 1.82) is 0 Å². The fourth-order valence-corrected chi connectivity index (χ4v) is 4.47. The second-order valence-electron chi connectivity index (χ2n) is 8.49. The number of amides is 2. The molecule has 0 radical (unpaired) electrons. The Morgan fingerprint density at radius 2 is 1.65 bits per heavy atom. The van der Waals surface area contributed by atoms with Crippen molar-refractivity contribution in [3.05, 3.63) is 52.5 Å². The molecule has 2 aromatic rings. The summed E-state index contributed by atoms with van der Waals surface area (Å²) in [6, 6.07) is 12.9. The molecular formula is C23H27Cl2N3O2S. The Bertz CT molecular complexity index is 937. The lowest BCUT2D eigenvalue weighted by Crippen LogP contribution is -2.51. The fraction of sp³-hybridized carbons (Fsp3) is 0.391. The van der Waals surface area contributed by atoms with Crippen LogP contribution in [-0.4, -0.2) is 48.6 Å². The first-order chi connectivity index (χ1) is 14.6. The van der Waals surface area contributed by atoms with Crippen LogP contribution in [0.3, 0.4) is 0 Å². The Balaban J connectivity index is 1.53. The molecular weight excluding hydrogens is 453 g/mol. The number of nitrogens with one attached hydrogen (secondary N) is 1. The van der Waals surface area contributed by atoms with Crippen molar-refractivity contribution in [1.82, 2.24) is 4.90 Å². The molecule has 0 atom stereocenters. The second kappa shape index (κ2) is 10.2. The minimum Gasteiger partial charge on any atom is -0.367 e. The van der Waals surface area contributed by atoms with Crippen molar-refractivity contribution in [2.24, 2.45) is 5.41 Å². The lowest BCUT2D eigenvalue weighted by molar-refractivity contribution is -0.139. The molecule has 1 fully saturated rings. The van der Waals surface area contributed by atoms with E-state index >= 15 is 0 Å². The number of piperazine rings is 1. The molecule has 1 heterocycles. The van der Waals surface area contributed by atoms with Gasteiger partial charge in [0.15, 0.2) is 0 Å². The molecule has 1 N–H and O–H groups in total. The number of hydrogen-bond acceptors (Lipinski definition) is 4. The molecule has 1 aliphatic rings. The van der Waals surface area contributed by atoms with Gasteiger partial charge in [0.1, 0.15) is 0 Å². The molecule has 0 saturated carbocycles. The average molecular weight is 480 g/mol. The Morgan fingerprint density at radius 3 is 2.23 bits per heavy atom. The number of anilines is 2. The molecule has 166 valence electrons. The SMILES string of the molecule is CC(C)(C)C(=O)N1CCN(c2ccc(NC(=O)CSc3ccc(Cl)cc3)cc2Cl)CC1. The maximum absolute atomic E-state index is 12.5. The molecule has 2 aromatic carbocycles. The first-order valence-electron chi connectivity index (χ1n) is 10.2. The Hall–Kier alpha value is -1.89. The molecule has 2 amide bonds. The zero-order valence-corrected chi connectivity index (χ0v) is 20.3. The quantitative estimate of drug-likeness (QED) is 0.581. The van der Waals surface area contributed by atoms with E-state index in [0.29, 0.717) is 34.6 Å². The number of hydrogen-bond donors (Lipinski definition) is 1. The van der Waals surface area contributed by atoms with E-state index in [1.165, 1.54) is 11.8 Å². The molecule has 0 spiro atoms. The number of benzene rings is 2. The molecule has 0 aromatic heterocycles. The van der Waals surface area contributed by atoms with E-state index in [1.807, 2.05) is 49.9 Å². The van der Waals surface area contributed by atoms with Crippen LogP contribution in [0.15, 0.2) is 47.4 Å². The molecule has 3 rings (SSSR count). The van der Waals surface area contributed by atoms with Crippen molar-refractivity contribution in [2.75, 3.05) is 42.1 Å². The maximum Gasteiger partial charge on any atom is 0.234 e. The standard InChI is InChI=1S/C23H27Cl2N3O2S/c1-23(2,3)22(30)28-12-10-27(11-13-28)20-9-6-17(14-19(20)25)26-21(29)15-31-18-7-4-16(24)5-8-18/h4-9,14H,10-13,15H2,1-3H3,(H,26,29). The maximum atomic E-state index is 12.5. The van der Waals surface area contributed by atoms with Crippen LogP contribution in [0.25, 0.3) is 0 Å². The van der Waals surface area contributed by atoms with Gasteiger partial charge in [-0.3, -0.25) is 9.59 Å². The average Bonchev–Trinajstić information content (AvgIpc) is 2.72. The molecule has 0 bridgehead atoms. The minimum absolute atomic E-state index is 0.0990. The van der Waals surface area contributed by atoms with Gasteiger partial charge in [0.25, 0.3) is 0 Å². The Morgan fingerprint density at radius 1 is 1.00 bits per heavy atom. The van der Waals surface area contributed by atoms with Crippen molar-refractivity contribution in [3.8, 4) is 0 Å². The van der Waals surface area contributed by atoms with Gasteiger partial charge in [-0.2, -0.15) is 0 Å². The summed E-state index contributed by atoms with van der Waals surface area (Å²) in [4.78, 5) is 29.8. The van der Waals surface area contributed by atoms with Crippen LogP contribution in [0.5, 0.6) is 0 Å². The van der Waals surface area contributed by atoms with Crippen molar-refractivity contribution < 1.29 is 9.59 Å². The van der Waals surface area contributed by atoms with Gasteiger partial charge in [-0.15, -0.1) is 11.8 Å². The van der Waals surface area contributed by atoms with Gasteiger partial charge in [-0.25, -0.2) is 0 Å². The largest absolute Gasteiger partial charge is 0.367 e. The second-order valence-corrected chi connectivity index (χ2v) is 10.4. The van der Waals surface area contributed by atoms with Gasteiger partial charge in [0.2, 0.25) is 11.8 Å². The molecule has 0 aliphatic carbocycles. The van der Waals surface area contributed by atoms with Gasteiger partial charge in [-0.1, -0.05) is 44.0 Å². The molecule has 1 aliphatic heterocycles. The highest BCUT2D eigenvalue weighted by molar-refractivity contribution is 8.00. The number of nitrogens with zero attached hydrogens (tertiary/aromatic N) is 2. The summed E-state index contributed by atoms with van der Waals surface area (Å²) >= 11 is 13.8. The van der Waals surface area contributed by atoms with Crippen molar-refractivity contribution in [2.45, 2.75) is 25.7 Å². The van der Waals surface area contributed by atoms with Crippen molar-refractivity contribution >= 4 is 58.2 Å². The van der Waals surface area contributed by atoms with E-state index in [-0.39, 0.29) is 17.2 Å². The highest BCUT2D eigenvalue weighted by atomic mass is 35.5. The summed E-state index contributed by atoms with van der Waals surface area (Å²) in [6.07, 6.45) is 0. The highest BCUT2D eigenvalue weighted by Crippen LogP contribution is 2.30. The topological polar surface area (TPSA) is 52.7 Å². The van der Waals surface area contributed by atoms with Gasteiger partial charge in [-0.05, 0) is 42.5 Å². The minimum atomic E-state index is -0.370. The molecule has 0 unspecified atom stereocenters. The van der Waals surface area contributed by atoms with E-state index in [0.717, 1.165) is 23.7 Å². The highest BCUT2D eigenvalue weighted by Gasteiger charge is 2.30. The Labute approximate surface area is 198 Å². The number of carbonyl (C=O) groups excluding carboxylic acids is 2. The van der Waals surface area contributed by atoms with E-state index in [1.54, 1.807) is 18.2 Å². The van der Waals surface area contributed by atoms with Crippen molar-refractivity contribution in [3.63, 3.8) is 0 Å². The summed E-state index contributed by atoms with van der Waals surface area (Å²) in [5.41, 5.74) is 1.21. The first kappa shape index (κ1) is 23.8. The summed E-state index contributed by atoms with van der Waals surface area (Å²) in [5, 5.41) is 4.15. The number of rotatable bonds is 5. The molecule has 5 nitrogen and oxygen atoms in total. The zero-order chi connectivity index (χ0) is 22.6. The summed E-state index contributed by atoms with van der Waals surface area (Å²) in [6.45, 7) is 8.63. The van der Waals surface area contributed by atoms with Crippen LogP contribution in [0, 0.1) is 5.41 Å². The lowest BCUT2D eigenvalue weighted by Gasteiger charge is -2.39. The number of carbonyl (C=O) groups is 2. The van der Waals surface area contributed by atoms with Crippen LogP contribution in [0.2, 0.25) is 10.0 Å². The molecule has 31 heavy (non-hydrogen) atoms. The Kier molecular flexibility index (Phi) is 7.78. The van der Waals surface area contributed by atoms with Gasteiger partial charge >= 0.3 is 0 Å². The van der Waals surface area contributed by atoms with Crippen LogP contribution in [-0.2, 0) is 9.59 Å². The lowest BCUT2D eigenvalue weighted by atomic mass is 9.94. The van der Waals surface area contributed by atoms with E-state index in [4.69, 9.17) is 23.2 Å². The molecule has 1 saturated heterocycles. The third-order valence-corrected chi connectivity index (χ3v) is 6.53. The third-order valence-electron chi connectivity index (χ3n) is 4.96. The monoisotopic (exact) mass is 479 g/mol. The zero-order valence-electron chi connectivity index (χ0n) is 18.0. The first-order valence-corrected chi connectivity index (χ1v) is 11.9. The number of halogens is 2. The smallest absolute Gasteiger partial charge is 0.234 e. The molecule has 8 heteroatoms. The van der Waals surface area contributed by atoms with Gasteiger partial charge < -0.3 is 15.1 Å². The number of thioether (sulfide) groups is 1. The van der Waals surface area contributed by atoms with E-state index in [9.17, 15) is 9.59 Å². The summed E-state index contributed by atoms with van der Waals surface area (Å²) < 4.78 is 0. The predicted octanol–water partition coefficient (Wildman–Crippen LogP) is 5.42. The summed E-state index contributed by atoms with van der Waals surface area (Å²) in [5.74, 6) is 0.371. The van der Waals surface area contributed by atoms with E-state index < -0.39 is 0 Å². The van der Waals surface area contributed by atoms with E-state index in [2.05, 4.69) is 10.2 Å². The van der Waals surface area contributed by atoms with Crippen LogP contribution < -0.4 is 10.2 Å². The fourth-order valence-electron chi connectivity index (χ4n) is 3.34. The van der Waals surface area contributed by atoms with Gasteiger partial charge in [0.05, 0.1) is 16.5 Å².